The zero-order chi connectivity index (χ0) is 18.6. The normalized spacial score (nSPS) is 10.9. The van der Waals surface area contributed by atoms with E-state index in [0.29, 0.717) is 5.02 Å². The summed E-state index contributed by atoms with van der Waals surface area (Å²) < 4.78 is 0. The molecule has 0 atom stereocenters. The molecule has 0 saturated carbocycles. The maximum absolute atomic E-state index is 12.2. The number of benzene rings is 2. The number of nitrogens with zero attached hydrogens (tertiary/aromatic N) is 2. The van der Waals surface area contributed by atoms with Crippen molar-refractivity contribution >= 4 is 58.2 Å². The number of anilines is 1. The average molecular weight is 397 g/mol. The van der Waals surface area contributed by atoms with Crippen LogP contribution in [0.1, 0.15) is 5.56 Å². The van der Waals surface area contributed by atoms with Gasteiger partial charge in [-0.2, -0.15) is 5.26 Å². The van der Waals surface area contributed by atoms with E-state index >= 15 is 0 Å². The fourth-order valence-electron chi connectivity index (χ4n) is 1.86. The van der Waals surface area contributed by atoms with E-state index in [1.54, 1.807) is 12.1 Å². The first-order valence-corrected chi connectivity index (χ1v) is 7.77. The fraction of sp³-hybridized carbons (Fsp3) is 0. The molecule has 0 radical (unpaired) electrons. The van der Waals surface area contributed by atoms with Crippen LogP contribution in [0.15, 0.2) is 42.0 Å². The lowest BCUT2D eigenvalue weighted by Crippen LogP contribution is -2.13. The van der Waals surface area contributed by atoms with Crippen molar-refractivity contribution in [2.24, 2.45) is 0 Å². The summed E-state index contributed by atoms with van der Waals surface area (Å²) in [6.07, 6.45) is 1.21. The summed E-state index contributed by atoms with van der Waals surface area (Å²) in [5, 5.41) is 23.1. The molecular weight excluding hydrogens is 389 g/mol. The van der Waals surface area contributed by atoms with Gasteiger partial charge in [0.15, 0.2) is 0 Å². The molecule has 0 bridgehead atoms. The van der Waals surface area contributed by atoms with Crippen LogP contribution in [0.4, 0.5) is 11.4 Å². The minimum atomic E-state index is -0.732. The predicted molar refractivity (Wildman–Crippen MR) is 96.8 cm³/mol. The zero-order valence-electron chi connectivity index (χ0n) is 12.3. The highest BCUT2D eigenvalue weighted by Gasteiger charge is 2.15. The Balaban J connectivity index is 2.33. The van der Waals surface area contributed by atoms with Crippen LogP contribution in [-0.4, -0.2) is 10.8 Å². The van der Waals surface area contributed by atoms with Crippen molar-refractivity contribution in [2.45, 2.75) is 0 Å². The lowest BCUT2D eigenvalue weighted by Gasteiger charge is -2.07. The Hall–Kier alpha value is -2.59. The van der Waals surface area contributed by atoms with Crippen LogP contribution in [0.2, 0.25) is 15.1 Å². The van der Waals surface area contributed by atoms with E-state index in [1.165, 1.54) is 36.4 Å². The standard InChI is InChI=1S/C16H8Cl3N3O3/c17-11-2-4-12(18)14(7-11)21-16(23)10(8-20)5-9-1-3-13(19)15(6-9)22(24)25/h1-7H,(H,21,23)/b10-5+. The molecule has 0 spiro atoms. The smallest absolute Gasteiger partial charge is 0.288 e. The Labute approximate surface area is 157 Å². The van der Waals surface area contributed by atoms with Crippen molar-refractivity contribution in [1.29, 1.82) is 5.26 Å². The molecule has 0 heterocycles. The van der Waals surface area contributed by atoms with Crippen molar-refractivity contribution < 1.29 is 9.72 Å². The molecule has 0 aliphatic carbocycles. The van der Waals surface area contributed by atoms with Gasteiger partial charge in [-0.15, -0.1) is 0 Å². The molecule has 25 heavy (non-hydrogen) atoms. The molecule has 0 aliphatic rings. The zero-order valence-corrected chi connectivity index (χ0v) is 14.6. The van der Waals surface area contributed by atoms with Crippen LogP contribution >= 0.6 is 34.8 Å². The Bertz CT molecular complexity index is 936. The van der Waals surface area contributed by atoms with Crippen LogP contribution in [0, 0.1) is 21.4 Å². The lowest BCUT2D eigenvalue weighted by atomic mass is 10.1. The predicted octanol–water partition coefficient (Wildman–Crippen LogP) is 5.10. The highest BCUT2D eigenvalue weighted by Crippen LogP contribution is 2.27. The van der Waals surface area contributed by atoms with Gasteiger partial charge in [0, 0.05) is 11.1 Å². The molecule has 0 saturated heterocycles. The molecule has 2 rings (SSSR count). The molecule has 0 unspecified atom stereocenters. The topological polar surface area (TPSA) is 96.0 Å². The molecule has 2 aromatic rings. The van der Waals surface area contributed by atoms with Crippen LogP contribution < -0.4 is 5.32 Å². The first-order valence-electron chi connectivity index (χ1n) is 6.64. The molecule has 126 valence electrons. The van der Waals surface area contributed by atoms with Crippen LogP contribution in [0.25, 0.3) is 6.08 Å². The van der Waals surface area contributed by atoms with Crippen molar-refractivity contribution in [2.75, 3.05) is 5.32 Å². The van der Waals surface area contributed by atoms with Crippen LogP contribution in [-0.2, 0) is 4.79 Å². The number of carbonyl (C=O) groups excluding carboxylic acids is 1. The minimum absolute atomic E-state index is 0.0455. The van der Waals surface area contributed by atoms with Gasteiger partial charge >= 0.3 is 0 Å². The van der Waals surface area contributed by atoms with Gasteiger partial charge in [-0.1, -0.05) is 40.9 Å². The summed E-state index contributed by atoms with van der Waals surface area (Å²) in [6.45, 7) is 0. The Morgan fingerprint density at radius 2 is 1.84 bits per heavy atom. The largest absolute Gasteiger partial charge is 0.320 e. The highest BCUT2D eigenvalue weighted by atomic mass is 35.5. The second-order valence-corrected chi connectivity index (χ2v) is 5.97. The maximum atomic E-state index is 12.2. The van der Waals surface area contributed by atoms with Crippen LogP contribution in [0.5, 0.6) is 0 Å². The second-order valence-electron chi connectivity index (χ2n) is 4.72. The van der Waals surface area contributed by atoms with E-state index in [0.717, 1.165) is 0 Å². The van der Waals surface area contributed by atoms with Crippen molar-refractivity contribution in [3.8, 4) is 6.07 Å². The molecule has 0 aliphatic heterocycles. The van der Waals surface area contributed by atoms with Gasteiger partial charge < -0.3 is 5.32 Å². The number of hydrogen-bond acceptors (Lipinski definition) is 4. The summed E-state index contributed by atoms with van der Waals surface area (Å²) >= 11 is 17.5. The van der Waals surface area contributed by atoms with E-state index in [2.05, 4.69) is 5.32 Å². The van der Waals surface area contributed by atoms with Crippen molar-refractivity contribution in [3.05, 3.63) is 72.7 Å². The number of nitro benzene ring substituents is 1. The summed E-state index contributed by atoms with van der Waals surface area (Å²) in [5.74, 6) is -0.732. The molecule has 1 amide bonds. The van der Waals surface area contributed by atoms with Gasteiger partial charge in [0.2, 0.25) is 0 Å². The van der Waals surface area contributed by atoms with Gasteiger partial charge in [-0.25, -0.2) is 0 Å². The quantitative estimate of drug-likeness (QED) is 0.336. The molecule has 2 aromatic carbocycles. The number of carbonyl (C=O) groups is 1. The van der Waals surface area contributed by atoms with Gasteiger partial charge in [-0.05, 0) is 35.9 Å². The van der Waals surface area contributed by atoms with Crippen molar-refractivity contribution in [1.82, 2.24) is 0 Å². The third kappa shape index (κ3) is 4.70. The van der Waals surface area contributed by atoms with E-state index in [-0.39, 0.29) is 32.6 Å². The average Bonchev–Trinajstić information content (AvgIpc) is 2.57. The second kappa shape index (κ2) is 7.99. The first-order chi connectivity index (χ1) is 11.8. The number of nitrogens with one attached hydrogen (secondary N) is 1. The third-order valence-corrected chi connectivity index (χ3v) is 3.90. The molecule has 9 heteroatoms. The SMILES string of the molecule is N#C/C(=C\c1ccc(Cl)c([N+](=O)[O-])c1)C(=O)Nc1cc(Cl)ccc1Cl. The van der Waals surface area contributed by atoms with Gasteiger partial charge in [0.05, 0.1) is 15.6 Å². The van der Waals surface area contributed by atoms with E-state index < -0.39 is 10.8 Å². The summed E-state index contributed by atoms with van der Waals surface area (Å²) in [5.41, 5.74) is -0.0824. The molecular formula is C16H8Cl3N3O3. The lowest BCUT2D eigenvalue weighted by molar-refractivity contribution is -0.384. The van der Waals surface area contributed by atoms with E-state index in [1.807, 2.05) is 0 Å². The highest BCUT2D eigenvalue weighted by molar-refractivity contribution is 6.36. The number of nitriles is 1. The number of hydrogen-bond donors (Lipinski definition) is 1. The summed E-state index contributed by atoms with van der Waals surface area (Å²) in [6, 6.07) is 10.1. The van der Waals surface area contributed by atoms with Gasteiger partial charge in [-0.3, -0.25) is 14.9 Å². The monoisotopic (exact) mass is 395 g/mol. The molecule has 0 fully saturated rings. The molecule has 0 aromatic heterocycles. The van der Waals surface area contributed by atoms with Crippen LogP contribution in [0.3, 0.4) is 0 Å². The van der Waals surface area contributed by atoms with Crippen molar-refractivity contribution in [3.63, 3.8) is 0 Å². The minimum Gasteiger partial charge on any atom is -0.320 e. The molecule has 6 nitrogen and oxygen atoms in total. The Morgan fingerprint density at radius 3 is 2.48 bits per heavy atom. The number of nitro groups is 1. The van der Waals surface area contributed by atoms with Gasteiger partial charge in [0.1, 0.15) is 16.7 Å². The number of rotatable bonds is 4. The Kier molecular flexibility index (Phi) is 5.99. The maximum Gasteiger partial charge on any atom is 0.288 e. The third-order valence-electron chi connectivity index (χ3n) is 3.02. The summed E-state index contributed by atoms with van der Waals surface area (Å²) in [4.78, 5) is 22.5. The number of amides is 1. The van der Waals surface area contributed by atoms with E-state index in [9.17, 15) is 20.2 Å². The van der Waals surface area contributed by atoms with Gasteiger partial charge in [0.25, 0.3) is 11.6 Å². The first kappa shape index (κ1) is 18.7. The van der Waals surface area contributed by atoms with E-state index in [4.69, 9.17) is 34.8 Å². The number of halogens is 3. The molecule has 1 N–H and O–H groups in total. The Morgan fingerprint density at radius 1 is 1.16 bits per heavy atom. The summed E-state index contributed by atoms with van der Waals surface area (Å²) in [7, 11) is 0. The fourth-order valence-corrected chi connectivity index (χ4v) is 2.38.